The van der Waals surface area contributed by atoms with E-state index in [1.807, 2.05) is 0 Å². The lowest BCUT2D eigenvalue weighted by Gasteiger charge is -2.10. The van der Waals surface area contributed by atoms with E-state index in [4.69, 9.17) is 4.18 Å². The molecule has 6 aromatic carbocycles. The van der Waals surface area contributed by atoms with Gasteiger partial charge >= 0.3 is 10.1 Å². The van der Waals surface area contributed by atoms with Crippen molar-refractivity contribution in [1.29, 1.82) is 0 Å². The van der Waals surface area contributed by atoms with Crippen LogP contribution in [0.25, 0.3) is 10.8 Å². The highest BCUT2D eigenvalue weighted by Crippen LogP contribution is 2.37. The molecular weight excluding hydrogens is 765 g/mol. The van der Waals surface area contributed by atoms with Crippen LogP contribution in [-0.2, 0) is 30.4 Å². The van der Waals surface area contributed by atoms with Crippen molar-refractivity contribution in [2.75, 3.05) is 5.32 Å². The average Bonchev–Trinajstić information content (AvgIpc) is 3.13. The maximum absolute atomic E-state index is 12.5. The molecule has 6 aromatic rings. The van der Waals surface area contributed by atoms with Crippen molar-refractivity contribution in [3.63, 3.8) is 0 Å². The quantitative estimate of drug-likeness (QED) is 0.0346. The molecule has 17 nitrogen and oxygen atoms in total. The summed E-state index contributed by atoms with van der Waals surface area (Å²) in [7, 11) is -13.5. The minimum absolute atomic E-state index is 0.00743. The Hall–Kier alpha value is -6.45. The van der Waals surface area contributed by atoms with Gasteiger partial charge in [-0.25, -0.2) is 0 Å². The van der Waals surface area contributed by atoms with E-state index < -0.39 is 50.8 Å². The molecule has 0 unspecified atom stereocenters. The van der Waals surface area contributed by atoms with E-state index in [2.05, 4.69) is 25.8 Å². The summed E-state index contributed by atoms with van der Waals surface area (Å²) in [6.45, 7) is 0. The van der Waals surface area contributed by atoms with E-state index in [0.29, 0.717) is 28.1 Å². The Bertz CT molecular complexity index is 2800. The van der Waals surface area contributed by atoms with Crippen molar-refractivity contribution in [2.45, 2.75) is 14.7 Å². The van der Waals surface area contributed by atoms with Crippen molar-refractivity contribution >= 4 is 80.9 Å². The van der Waals surface area contributed by atoms with Gasteiger partial charge in [0.2, 0.25) is 0 Å². The van der Waals surface area contributed by atoms with Crippen LogP contribution in [0, 0.1) is 10.1 Å². The normalized spacial score (nSPS) is 12.3. The van der Waals surface area contributed by atoms with Crippen molar-refractivity contribution in [3.05, 3.63) is 138 Å². The van der Waals surface area contributed by atoms with Crippen LogP contribution in [0.15, 0.2) is 163 Å². The van der Waals surface area contributed by atoms with Crippen LogP contribution in [0.1, 0.15) is 0 Å². The molecule has 0 aliphatic heterocycles. The summed E-state index contributed by atoms with van der Waals surface area (Å²) in [5.74, 6) is 0.0531. The highest BCUT2D eigenvalue weighted by Gasteiger charge is 2.21. The molecule has 0 saturated heterocycles. The van der Waals surface area contributed by atoms with Gasteiger partial charge < -0.3 is 9.50 Å². The molecule has 6 rings (SSSR count). The molecule has 274 valence electrons. The van der Waals surface area contributed by atoms with Crippen LogP contribution in [0.3, 0.4) is 0 Å². The Morgan fingerprint density at radius 2 is 1.19 bits per heavy atom. The second-order valence-corrected chi connectivity index (χ2v) is 15.5. The Morgan fingerprint density at radius 3 is 1.76 bits per heavy atom. The Kier molecular flexibility index (Phi) is 10.3. The lowest BCUT2D eigenvalue weighted by molar-refractivity contribution is -0.385. The third kappa shape index (κ3) is 8.77. The molecule has 0 aliphatic rings. The first kappa shape index (κ1) is 37.3. The molecule has 0 atom stereocenters. The summed E-state index contributed by atoms with van der Waals surface area (Å²) in [5.41, 5.74) is 0.831. The molecule has 0 spiro atoms. The van der Waals surface area contributed by atoms with E-state index in [9.17, 15) is 44.5 Å². The van der Waals surface area contributed by atoms with Gasteiger partial charge in [-0.1, -0.05) is 24.3 Å². The Labute approximate surface area is 307 Å². The average molecular weight is 789 g/mol. The molecule has 20 heteroatoms. The van der Waals surface area contributed by atoms with Crippen molar-refractivity contribution in [3.8, 4) is 5.75 Å². The van der Waals surface area contributed by atoms with Crippen molar-refractivity contribution < 1.29 is 43.5 Å². The number of benzene rings is 6. The molecule has 0 fully saturated rings. The highest BCUT2D eigenvalue weighted by atomic mass is 32.2. The summed E-state index contributed by atoms with van der Waals surface area (Å²) in [5, 5.41) is 31.4. The fourth-order valence-electron chi connectivity index (χ4n) is 4.89. The smallest absolute Gasteiger partial charge is 0.339 e. The van der Waals surface area contributed by atoms with Crippen LogP contribution in [0.4, 0.5) is 39.8 Å². The summed E-state index contributed by atoms with van der Waals surface area (Å²) < 4.78 is 97.2. The third-order valence-electron chi connectivity index (χ3n) is 7.46. The van der Waals surface area contributed by atoms with Gasteiger partial charge in [-0.2, -0.15) is 35.5 Å². The number of nitro benzene ring substituents is 1. The minimum atomic E-state index is -4.81. The second kappa shape index (κ2) is 14.9. The number of azo groups is 2. The fourth-order valence-corrected chi connectivity index (χ4v) is 7.02. The van der Waals surface area contributed by atoms with Crippen LogP contribution < -0.4 is 9.50 Å². The van der Waals surface area contributed by atoms with Gasteiger partial charge in [0, 0.05) is 28.6 Å². The number of hydrogen-bond acceptors (Lipinski definition) is 14. The van der Waals surface area contributed by atoms with Gasteiger partial charge in [-0.05, 0) is 91.0 Å². The van der Waals surface area contributed by atoms with E-state index in [1.54, 1.807) is 24.3 Å². The van der Waals surface area contributed by atoms with Crippen LogP contribution >= 0.6 is 0 Å². The maximum atomic E-state index is 12.5. The predicted molar refractivity (Wildman–Crippen MR) is 195 cm³/mol. The molecule has 0 amide bonds. The van der Waals surface area contributed by atoms with Gasteiger partial charge in [-0.15, -0.1) is 10.2 Å². The van der Waals surface area contributed by atoms with Gasteiger partial charge in [0.1, 0.15) is 15.5 Å². The third-order valence-corrected chi connectivity index (χ3v) is 10.5. The van der Waals surface area contributed by atoms with E-state index in [1.165, 1.54) is 84.9 Å². The first-order valence-corrected chi connectivity index (χ1v) is 19.5. The molecule has 0 saturated carbocycles. The van der Waals surface area contributed by atoms with Crippen LogP contribution in [-0.4, -0.2) is 39.3 Å². The first-order valence-electron chi connectivity index (χ1n) is 15.2. The van der Waals surface area contributed by atoms with Gasteiger partial charge in [-0.3, -0.25) is 19.2 Å². The van der Waals surface area contributed by atoms with E-state index in [0.717, 1.165) is 18.2 Å². The number of rotatable bonds is 12. The van der Waals surface area contributed by atoms with Gasteiger partial charge in [0.15, 0.2) is 0 Å². The highest BCUT2D eigenvalue weighted by molar-refractivity contribution is 7.87. The zero-order valence-corrected chi connectivity index (χ0v) is 29.6. The molecule has 0 bridgehead atoms. The number of nitrogens with zero attached hydrogens (tertiary/aromatic N) is 5. The molecule has 0 aliphatic carbocycles. The fraction of sp³-hybridized carbons (Fsp3) is 0. The largest absolute Gasteiger partial charge is 0.379 e. The summed E-state index contributed by atoms with van der Waals surface area (Å²) in [4.78, 5) is 9.17. The van der Waals surface area contributed by atoms with E-state index in [-0.39, 0.29) is 27.4 Å². The number of hydrogen-bond donors (Lipinski definition) is 3. The number of nitrogens with one attached hydrogen (secondary N) is 1. The van der Waals surface area contributed by atoms with Gasteiger partial charge in [0.25, 0.3) is 25.9 Å². The summed E-state index contributed by atoms with van der Waals surface area (Å²) in [6.07, 6.45) is 0. The predicted octanol–water partition coefficient (Wildman–Crippen LogP) is 8.58. The standard InChI is InChI=1S/C34H24N6O11S3/c41-40(42)25-12-17-33(34(20-25)53(46,47)48)35-22-6-8-23(9-7-22)36-39-32-19-18-31(29-16-15-28(21-30(29)32)52(43,44)45)38-37-24-10-13-26(14-11-24)51-54(49,50)27-4-2-1-3-5-27/h1-21,35H,(H,43,44,45)(H,46,47,48). The van der Waals surface area contributed by atoms with Crippen LogP contribution in [0.5, 0.6) is 5.75 Å². The molecular formula is C34H24N6O11S3. The lowest BCUT2D eigenvalue weighted by Crippen LogP contribution is -2.09. The van der Waals surface area contributed by atoms with Gasteiger partial charge in [0.05, 0.1) is 38.3 Å². The van der Waals surface area contributed by atoms with Crippen molar-refractivity contribution in [2.24, 2.45) is 20.5 Å². The number of anilines is 2. The number of non-ortho nitro benzene ring substituents is 1. The lowest BCUT2D eigenvalue weighted by atomic mass is 10.1. The summed E-state index contributed by atoms with van der Waals surface area (Å²) >= 11 is 0. The summed E-state index contributed by atoms with van der Waals surface area (Å²) in [6, 6.07) is 29.2. The molecule has 0 aromatic heterocycles. The minimum Gasteiger partial charge on any atom is -0.379 e. The second-order valence-electron chi connectivity index (χ2n) is 11.1. The Morgan fingerprint density at radius 1 is 0.593 bits per heavy atom. The number of fused-ring (bicyclic) bond motifs is 1. The van der Waals surface area contributed by atoms with Crippen LogP contribution in [0.2, 0.25) is 0 Å². The number of nitro groups is 1. The first-order chi connectivity index (χ1) is 25.6. The Balaban J connectivity index is 1.24. The molecule has 3 N–H and O–H groups in total. The molecule has 54 heavy (non-hydrogen) atoms. The van der Waals surface area contributed by atoms with E-state index >= 15 is 0 Å². The molecule has 0 radical (unpaired) electrons. The topological polar surface area (TPSA) is 257 Å². The maximum Gasteiger partial charge on any atom is 0.339 e. The zero-order valence-electron chi connectivity index (χ0n) is 27.2. The SMILES string of the molecule is O=[N+]([O-])c1ccc(Nc2ccc(N=Nc3ccc(N=Nc4ccc(OS(=O)(=O)c5ccccc5)cc4)c4ccc(S(=O)(=O)O)cc34)cc2)c(S(=O)(=O)O)c1. The van der Waals surface area contributed by atoms with Crippen molar-refractivity contribution in [1.82, 2.24) is 0 Å². The molecule has 0 heterocycles. The zero-order chi connectivity index (χ0) is 38.7. The monoisotopic (exact) mass is 788 g/mol.